The van der Waals surface area contributed by atoms with Crippen LogP contribution in [-0.2, 0) is 0 Å². The van der Waals surface area contributed by atoms with Gasteiger partial charge in [0.25, 0.3) is 0 Å². The third-order valence-electron chi connectivity index (χ3n) is 4.41. The first-order valence-corrected chi connectivity index (χ1v) is 5.82. The molecule has 0 aliphatic heterocycles. The molecule has 84 valence electrons. The SMILES string of the molecule is CCC(C)(C)N(C)C(C)(CN)C1CC1. The zero-order valence-corrected chi connectivity index (χ0v) is 10.4. The first-order chi connectivity index (χ1) is 6.38. The molecule has 14 heavy (non-hydrogen) atoms. The lowest BCUT2D eigenvalue weighted by atomic mass is 9.87. The van der Waals surface area contributed by atoms with Crippen molar-refractivity contribution in [2.24, 2.45) is 11.7 Å². The molecule has 1 fully saturated rings. The van der Waals surface area contributed by atoms with Gasteiger partial charge in [0.1, 0.15) is 0 Å². The van der Waals surface area contributed by atoms with E-state index in [0.29, 0.717) is 0 Å². The molecular weight excluding hydrogens is 172 g/mol. The first-order valence-electron chi connectivity index (χ1n) is 5.82. The molecule has 2 heteroatoms. The van der Waals surface area contributed by atoms with E-state index < -0.39 is 0 Å². The largest absolute Gasteiger partial charge is 0.329 e. The molecule has 1 saturated carbocycles. The maximum atomic E-state index is 5.96. The summed E-state index contributed by atoms with van der Waals surface area (Å²) in [6.45, 7) is 9.96. The molecule has 0 aromatic heterocycles. The minimum Gasteiger partial charge on any atom is -0.329 e. The van der Waals surface area contributed by atoms with Gasteiger partial charge in [0.2, 0.25) is 0 Å². The Bertz CT molecular complexity index is 196. The highest BCUT2D eigenvalue weighted by Gasteiger charge is 2.46. The second-order valence-corrected chi connectivity index (χ2v) is 5.56. The normalized spacial score (nSPS) is 22.5. The van der Waals surface area contributed by atoms with Crippen LogP contribution >= 0.6 is 0 Å². The van der Waals surface area contributed by atoms with Crippen molar-refractivity contribution in [3.63, 3.8) is 0 Å². The van der Waals surface area contributed by atoms with Gasteiger partial charge in [-0.05, 0) is 53.0 Å². The molecule has 1 rings (SSSR count). The quantitative estimate of drug-likeness (QED) is 0.734. The Morgan fingerprint density at radius 3 is 2.07 bits per heavy atom. The fourth-order valence-electron chi connectivity index (χ4n) is 2.21. The van der Waals surface area contributed by atoms with Crippen LogP contribution in [0.2, 0.25) is 0 Å². The van der Waals surface area contributed by atoms with Gasteiger partial charge < -0.3 is 5.73 Å². The maximum Gasteiger partial charge on any atom is 0.0333 e. The minimum absolute atomic E-state index is 0.208. The van der Waals surface area contributed by atoms with Crippen LogP contribution in [0.4, 0.5) is 0 Å². The van der Waals surface area contributed by atoms with E-state index >= 15 is 0 Å². The lowest BCUT2D eigenvalue weighted by Crippen LogP contribution is -2.59. The smallest absolute Gasteiger partial charge is 0.0333 e. The van der Waals surface area contributed by atoms with E-state index in [1.54, 1.807) is 0 Å². The lowest BCUT2D eigenvalue weighted by molar-refractivity contribution is 0.0207. The van der Waals surface area contributed by atoms with Crippen molar-refractivity contribution < 1.29 is 0 Å². The highest BCUT2D eigenvalue weighted by Crippen LogP contribution is 2.44. The van der Waals surface area contributed by atoms with Crippen molar-refractivity contribution in [1.29, 1.82) is 0 Å². The topological polar surface area (TPSA) is 29.3 Å². The molecule has 0 amide bonds. The van der Waals surface area contributed by atoms with Crippen LogP contribution in [0, 0.1) is 5.92 Å². The van der Waals surface area contributed by atoms with Gasteiger partial charge in [-0.1, -0.05) is 6.92 Å². The summed E-state index contributed by atoms with van der Waals surface area (Å²) in [6, 6.07) is 0. The summed E-state index contributed by atoms with van der Waals surface area (Å²) < 4.78 is 0. The molecule has 0 heterocycles. The molecule has 0 aromatic rings. The third kappa shape index (κ3) is 1.96. The van der Waals surface area contributed by atoms with E-state index in [1.165, 1.54) is 19.3 Å². The monoisotopic (exact) mass is 198 g/mol. The molecule has 1 aliphatic rings. The van der Waals surface area contributed by atoms with Crippen molar-refractivity contribution in [2.75, 3.05) is 13.6 Å². The van der Waals surface area contributed by atoms with Crippen molar-refractivity contribution in [2.45, 2.75) is 58.0 Å². The summed E-state index contributed by atoms with van der Waals surface area (Å²) in [7, 11) is 2.23. The molecule has 1 aliphatic carbocycles. The van der Waals surface area contributed by atoms with Gasteiger partial charge >= 0.3 is 0 Å². The predicted molar refractivity (Wildman–Crippen MR) is 62.3 cm³/mol. The molecule has 0 saturated heterocycles. The van der Waals surface area contributed by atoms with Gasteiger partial charge in [-0.25, -0.2) is 0 Å². The summed E-state index contributed by atoms with van der Waals surface area (Å²) in [6.07, 6.45) is 3.89. The Balaban J connectivity index is 2.78. The van der Waals surface area contributed by atoms with Crippen LogP contribution < -0.4 is 5.73 Å². The van der Waals surface area contributed by atoms with E-state index in [1.807, 2.05) is 0 Å². The number of hydrogen-bond acceptors (Lipinski definition) is 2. The zero-order valence-electron chi connectivity index (χ0n) is 10.4. The molecule has 1 unspecified atom stereocenters. The minimum atomic E-state index is 0.208. The van der Waals surface area contributed by atoms with Gasteiger partial charge in [-0.15, -0.1) is 0 Å². The van der Waals surface area contributed by atoms with E-state index in [0.717, 1.165) is 12.5 Å². The highest BCUT2D eigenvalue weighted by molar-refractivity contribution is 5.02. The van der Waals surface area contributed by atoms with Crippen LogP contribution in [-0.4, -0.2) is 29.6 Å². The number of nitrogens with zero attached hydrogens (tertiary/aromatic N) is 1. The molecule has 2 N–H and O–H groups in total. The Morgan fingerprint density at radius 1 is 1.29 bits per heavy atom. The fraction of sp³-hybridized carbons (Fsp3) is 1.00. The zero-order chi connectivity index (χ0) is 11.0. The van der Waals surface area contributed by atoms with Crippen molar-refractivity contribution in [1.82, 2.24) is 4.90 Å². The summed E-state index contributed by atoms with van der Waals surface area (Å²) in [5, 5.41) is 0. The maximum absolute atomic E-state index is 5.96. The van der Waals surface area contributed by atoms with Gasteiger partial charge in [0.15, 0.2) is 0 Å². The van der Waals surface area contributed by atoms with Gasteiger partial charge in [0.05, 0.1) is 0 Å². The van der Waals surface area contributed by atoms with Crippen LogP contribution in [0.1, 0.15) is 47.0 Å². The lowest BCUT2D eigenvalue weighted by Gasteiger charge is -2.48. The number of nitrogens with two attached hydrogens (primary N) is 1. The predicted octanol–water partition coefficient (Wildman–Crippen LogP) is 2.23. The van der Waals surface area contributed by atoms with Crippen LogP contribution in [0.15, 0.2) is 0 Å². The molecule has 2 nitrogen and oxygen atoms in total. The Hall–Kier alpha value is -0.0800. The highest BCUT2D eigenvalue weighted by atomic mass is 15.2. The average Bonchev–Trinajstić information content (AvgIpc) is 2.98. The summed E-state index contributed by atoms with van der Waals surface area (Å²) in [5.74, 6) is 0.823. The Morgan fingerprint density at radius 2 is 1.79 bits per heavy atom. The van der Waals surface area contributed by atoms with E-state index in [4.69, 9.17) is 5.73 Å². The van der Waals surface area contributed by atoms with Crippen molar-refractivity contribution in [3.05, 3.63) is 0 Å². The van der Waals surface area contributed by atoms with Gasteiger partial charge in [-0.3, -0.25) is 4.90 Å². The van der Waals surface area contributed by atoms with Crippen molar-refractivity contribution >= 4 is 0 Å². The second kappa shape index (κ2) is 3.82. The summed E-state index contributed by atoms with van der Waals surface area (Å²) >= 11 is 0. The average molecular weight is 198 g/mol. The van der Waals surface area contributed by atoms with Crippen LogP contribution in [0.3, 0.4) is 0 Å². The fourth-order valence-corrected chi connectivity index (χ4v) is 2.21. The first kappa shape index (κ1) is 12.0. The van der Waals surface area contributed by atoms with Crippen LogP contribution in [0.25, 0.3) is 0 Å². The van der Waals surface area contributed by atoms with E-state index in [2.05, 4.69) is 39.6 Å². The van der Waals surface area contributed by atoms with E-state index in [-0.39, 0.29) is 11.1 Å². The molecule has 0 radical (unpaired) electrons. The second-order valence-electron chi connectivity index (χ2n) is 5.56. The summed E-state index contributed by atoms with van der Waals surface area (Å²) in [5.41, 5.74) is 6.43. The van der Waals surface area contributed by atoms with Crippen molar-refractivity contribution in [3.8, 4) is 0 Å². The summed E-state index contributed by atoms with van der Waals surface area (Å²) in [4.78, 5) is 2.50. The molecular formula is C12H26N2. The molecule has 0 aromatic carbocycles. The molecule has 0 bridgehead atoms. The number of likely N-dealkylation sites (N-methyl/N-ethyl adjacent to an activating group) is 1. The molecule has 1 atom stereocenters. The van der Waals surface area contributed by atoms with Gasteiger partial charge in [0, 0.05) is 17.6 Å². The third-order valence-corrected chi connectivity index (χ3v) is 4.41. The van der Waals surface area contributed by atoms with E-state index in [9.17, 15) is 0 Å². The number of rotatable bonds is 5. The number of hydrogen-bond donors (Lipinski definition) is 1. The Labute approximate surface area is 88.8 Å². The van der Waals surface area contributed by atoms with Crippen LogP contribution in [0.5, 0.6) is 0 Å². The van der Waals surface area contributed by atoms with Gasteiger partial charge in [-0.2, -0.15) is 0 Å². The standard InChI is InChI=1S/C12H26N2/c1-6-11(2,3)14(5)12(4,9-13)10-7-8-10/h10H,6-9,13H2,1-5H3. The Kier molecular flexibility index (Phi) is 3.27. The molecule has 0 spiro atoms.